The highest BCUT2D eigenvalue weighted by molar-refractivity contribution is 5.94. The molecule has 0 radical (unpaired) electrons. The molecule has 0 spiro atoms. The lowest BCUT2D eigenvalue weighted by atomic mass is 10.0. The van der Waals surface area contributed by atoms with Gasteiger partial charge in [-0.15, -0.1) is 0 Å². The molecular formula is C26H36N6O. The summed E-state index contributed by atoms with van der Waals surface area (Å²) < 4.78 is 0. The Bertz CT molecular complexity index is 904. The fourth-order valence-electron chi connectivity index (χ4n) is 5.40. The van der Waals surface area contributed by atoms with Crippen LogP contribution >= 0.6 is 0 Å². The first-order valence-electron chi connectivity index (χ1n) is 12.4. The van der Waals surface area contributed by atoms with E-state index in [9.17, 15) is 4.79 Å². The second kappa shape index (κ2) is 10.2. The summed E-state index contributed by atoms with van der Waals surface area (Å²) in [6.45, 7) is 8.66. The summed E-state index contributed by atoms with van der Waals surface area (Å²) in [5, 5.41) is 3.60. The third-order valence-electron chi connectivity index (χ3n) is 7.50. The van der Waals surface area contributed by atoms with Gasteiger partial charge >= 0.3 is 0 Å². The third-order valence-corrected chi connectivity index (χ3v) is 7.50. The minimum atomic E-state index is 0.111. The highest BCUT2D eigenvalue weighted by Gasteiger charge is 2.29. The highest BCUT2D eigenvalue weighted by Crippen LogP contribution is 2.22. The maximum Gasteiger partial charge on any atom is 0.255 e. The zero-order valence-corrected chi connectivity index (χ0v) is 19.7. The number of aromatic nitrogens is 1. The Hall–Kier alpha value is -2.48. The quantitative estimate of drug-likeness (QED) is 0.773. The zero-order chi connectivity index (χ0) is 22.6. The van der Waals surface area contributed by atoms with Gasteiger partial charge in [0.05, 0.1) is 5.56 Å². The van der Waals surface area contributed by atoms with Crippen molar-refractivity contribution in [3.05, 3.63) is 59.8 Å². The topological polar surface area (TPSA) is 55.0 Å². The van der Waals surface area contributed by atoms with Crippen LogP contribution in [0.4, 0.5) is 5.82 Å². The first-order chi connectivity index (χ1) is 16.2. The summed E-state index contributed by atoms with van der Waals surface area (Å²) in [6.07, 6.45) is 4.25. The molecule has 3 fully saturated rings. The number of nitrogens with zero attached hydrogens (tertiary/aromatic N) is 5. The summed E-state index contributed by atoms with van der Waals surface area (Å²) in [6, 6.07) is 15.5. The molecule has 1 atom stereocenters. The molecule has 33 heavy (non-hydrogen) atoms. The number of hydrogen-bond donors (Lipinski definition) is 1. The fraction of sp³-hybridized carbons (Fsp3) is 0.538. The number of hydrogen-bond acceptors (Lipinski definition) is 6. The molecule has 1 unspecified atom stereocenters. The molecule has 1 amide bonds. The second-order valence-corrected chi connectivity index (χ2v) is 9.63. The standard InChI is InChI=1S/C26H36N6O/c1-29-12-9-23(10-13-29)30-15-17-31(18-16-30)26(33)22-7-8-25(28-19-22)32-14-11-27-24(20-32)21-5-3-2-4-6-21/h2-8,19,23-24,27H,9-18,20H2,1H3. The first-order valence-corrected chi connectivity index (χ1v) is 12.4. The Balaban J connectivity index is 1.16. The van der Waals surface area contributed by atoms with Crippen molar-refractivity contribution in [1.29, 1.82) is 0 Å². The number of amides is 1. The van der Waals surface area contributed by atoms with Crippen molar-refractivity contribution in [3.8, 4) is 0 Å². The van der Waals surface area contributed by atoms with Crippen LogP contribution in [0.3, 0.4) is 0 Å². The van der Waals surface area contributed by atoms with Gasteiger partial charge in [-0.2, -0.15) is 0 Å². The average Bonchev–Trinajstić information content (AvgIpc) is 2.89. The van der Waals surface area contributed by atoms with E-state index < -0.39 is 0 Å². The van der Waals surface area contributed by atoms with E-state index in [4.69, 9.17) is 0 Å². The summed E-state index contributed by atoms with van der Waals surface area (Å²) >= 11 is 0. The van der Waals surface area contributed by atoms with Crippen LogP contribution in [0.15, 0.2) is 48.7 Å². The van der Waals surface area contributed by atoms with E-state index in [0.717, 1.165) is 51.6 Å². The monoisotopic (exact) mass is 448 g/mol. The number of carbonyl (C=O) groups excluding carboxylic acids is 1. The second-order valence-electron chi connectivity index (χ2n) is 9.63. The molecule has 2 aromatic rings. The number of benzene rings is 1. The number of piperazine rings is 2. The van der Waals surface area contributed by atoms with Crippen molar-refractivity contribution in [1.82, 2.24) is 25.0 Å². The van der Waals surface area contributed by atoms with Crippen LogP contribution in [0.5, 0.6) is 0 Å². The lowest BCUT2D eigenvalue weighted by Crippen LogP contribution is -2.54. The molecule has 7 nitrogen and oxygen atoms in total. The minimum absolute atomic E-state index is 0.111. The van der Waals surface area contributed by atoms with Gasteiger partial charge in [0.15, 0.2) is 0 Å². The predicted octanol–water partition coefficient (Wildman–Crippen LogP) is 2.08. The Morgan fingerprint density at radius 1 is 0.939 bits per heavy atom. The van der Waals surface area contributed by atoms with Gasteiger partial charge in [0.2, 0.25) is 0 Å². The molecule has 0 bridgehead atoms. The Kier molecular flexibility index (Phi) is 6.90. The lowest BCUT2D eigenvalue weighted by Gasteiger charge is -2.42. The van der Waals surface area contributed by atoms with Crippen molar-refractivity contribution in [3.63, 3.8) is 0 Å². The van der Waals surface area contributed by atoms with E-state index >= 15 is 0 Å². The number of anilines is 1. The molecule has 7 heteroatoms. The number of nitrogens with one attached hydrogen (secondary N) is 1. The minimum Gasteiger partial charge on any atom is -0.353 e. The third kappa shape index (κ3) is 5.21. The van der Waals surface area contributed by atoms with E-state index in [0.29, 0.717) is 17.6 Å². The number of piperidine rings is 1. The highest BCUT2D eigenvalue weighted by atomic mass is 16.2. The summed E-state index contributed by atoms with van der Waals surface area (Å²) in [7, 11) is 2.20. The van der Waals surface area contributed by atoms with E-state index in [1.54, 1.807) is 6.20 Å². The van der Waals surface area contributed by atoms with Crippen molar-refractivity contribution >= 4 is 11.7 Å². The van der Waals surface area contributed by atoms with Crippen LogP contribution in [0.2, 0.25) is 0 Å². The molecule has 3 aliphatic heterocycles. The Labute approximate surface area is 197 Å². The SMILES string of the molecule is CN1CCC(N2CCN(C(=O)c3ccc(N4CCNC(c5ccccc5)C4)nc3)CC2)CC1. The smallest absolute Gasteiger partial charge is 0.255 e. The Morgan fingerprint density at radius 3 is 2.39 bits per heavy atom. The van der Waals surface area contributed by atoms with E-state index in [1.165, 1.54) is 31.5 Å². The van der Waals surface area contributed by atoms with Gasteiger partial charge in [-0.25, -0.2) is 4.98 Å². The van der Waals surface area contributed by atoms with Crippen molar-refractivity contribution in [2.45, 2.75) is 24.9 Å². The van der Waals surface area contributed by atoms with Crippen molar-refractivity contribution in [2.24, 2.45) is 0 Å². The van der Waals surface area contributed by atoms with Gasteiger partial charge < -0.3 is 20.0 Å². The van der Waals surface area contributed by atoms with Gasteiger partial charge in [-0.1, -0.05) is 30.3 Å². The largest absolute Gasteiger partial charge is 0.353 e. The van der Waals surface area contributed by atoms with Gasteiger partial charge in [-0.05, 0) is 50.7 Å². The van der Waals surface area contributed by atoms with Crippen LogP contribution < -0.4 is 10.2 Å². The molecule has 1 aromatic heterocycles. The lowest BCUT2D eigenvalue weighted by molar-refractivity contribution is 0.0475. The zero-order valence-electron chi connectivity index (χ0n) is 19.7. The number of pyridine rings is 1. The van der Waals surface area contributed by atoms with Crippen molar-refractivity contribution in [2.75, 3.05) is 70.9 Å². The van der Waals surface area contributed by atoms with Gasteiger partial charge in [0, 0.05) is 64.1 Å². The van der Waals surface area contributed by atoms with Crippen LogP contribution in [-0.4, -0.2) is 97.6 Å². The van der Waals surface area contributed by atoms with Crippen LogP contribution in [0.25, 0.3) is 0 Å². The Morgan fingerprint density at radius 2 is 1.70 bits per heavy atom. The molecule has 3 saturated heterocycles. The molecule has 176 valence electrons. The molecule has 1 N–H and O–H groups in total. The molecule has 5 rings (SSSR count). The summed E-state index contributed by atoms with van der Waals surface area (Å²) in [5.74, 6) is 1.06. The molecular weight excluding hydrogens is 412 g/mol. The van der Waals surface area contributed by atoms with Crippen molar-refractivity contribution < 1.29 is 4.79 Å². The first kappa shape index (κ1) is 22.3. The average molecular weight is 449 g/mol. The fourth-order valence-corrected chi connectivity index (χ4v) is 5.40. The number of likely N-dealkylation sites (tertiary alicyclic amines) is 1. The van der Waals surface area contributed by atoms with E-state index in [1.807, 2.05) is 17.0 Å². The molecule has 3 aliphatic rings. The molecule has 0 saturated carbocycles. The van der Waals surface area contributed by atoms with Gasteiger partial charge in [0.1, 0.15) is 5.82 Å². The molecule has 1 aromatic carbocycles. The normalized spacial score (nSPS) is 23.6. The van der Waals surface area contributed by atoms with E-state index in [-0.39, 0.29) is 5.91 Å². The summed E-state index contributed by atoms with van der Waals surface area (Å²) in [5.41, 5.74) is 2.00. The van der Waals surface area contributed by atoms with Crippen LogP contribution in [-0.2, 0) is 0 Å². The van der Waals surface area contributed by atoms with Crippen LogP contribution in [0, 0.1) is 0 Å². The molecule has 4 heterocycles. The number of carbonyl (C=O) groups is 1. The van der Waals surface area contributed by atoms with Crippen LogP contribution in [0.1, 0.15) is 34.8 Å². The maximum absolute atomic E-state index is 13.1. The van der Waals surface area contributed by atoms with Gasteiger partial charge in [-0.3, -0.25) is 9.69 Å². The predicted molar refractivity (Wildman–Crippen MR) is 132 cm³/mol. The van der Waals surface area contributed by atoms with E-state index in [2.05, 4.69) is 62.4 Å². The maximum atomic E-state index is 13.1. The summed E-state index contributed by atoms with van der Waals surface area (Å²) in [4.78, 5) is 27.1. The number of rotatable bonds is 4. The van der Waals surface area contributed by atoms with Gasteiger partial charge in [0.25, 0.3) is 5.91 Å². The molecule has 0 aliphatic carbocycles.